The molecule has 106 valence electrons. The summed E-state index contributed by atoms with van der Waals surface area (Å²) < 4.78 is 5.58. The second-order valence-electron chi connectivity index (χ2n) is 5.40. The lowest BCUT2D eigenvalue weighted by molar-refractivity contribution is 0.304. The molecule has 0 amide bonds. The number of nitrogens with zero attached hydrogens (tertiary/aromatic N) is 2. The number of aryl methyl sites for hydroxylation is 1. The average Bonchev–Trinajstić information content (AvgIpc) is 2.43. The Balaban J connectivity index is 1.89. The highest BCUT2D eigenvalue weighted by Gasteiger charge is 2.13. The lowest BCUT2D eigenvalue weighted by atomic mass is 9.89. The van der Waals surface area contributed by atoms with Crippen LogP contribution in [0.4, 0.5) is 5.95 Å². The van der Waals surface area contributed by atoms with Crippen LogP contribution >= 0.6 is 0 Å². The Morgan fingerprint density at radius 2 is 2.05 bits per heavy atom. The molecule has 1 fully saturated rings. The third-order valence-electron chi connectivity index (χ3n) is 3.56. The van der Waals surface area contributed by atoms with Gasteiger partial charge in [-0.25, -0.2) is 4.98 Å². The van der Waals surface area contributed by atoms with E-state index in [0.717, 1.165) is 24.6 Å². The van der Waals surface area contributed by atoms with E-state index < -0.39 is 0 Å². The van der Waals surface area contributed by atoms with Gasteiger partial charge in [0.05, 0.1) is 6.61 Å². The SMILES string of the molecule is CCCOc1cc(C)nc(NCC2CCCCC2)n1. The molecule has 1 aliphatic carbocycles. The highest BCUT2D eigenvalue weighted by Crippen LogP contribution is 2.23. The van der Waals surface area contributed by atoms with Crippen LogP contribution in [0.15, 0.2) is 6.07 Å². The second kappa shape index (κ2) is 7.31. The molecule has 1 saturated carbocycles. The molecular formula is C15H25N3O. The molecule has 2 rings (SSSR count). The van der Waals surface area contributed by atoms with E-state index in [1.54, 1.807) is 0 Å². The molecule has 0 bridgehead atoms. The van der Waals surface area contributed by atoms with Gasteiger partial charge in [0, 0.05) is 18.3 Å². The summed E-state index contributed by atoms with van der Waals surface area (Å²) in [6, 6.07) is 1.89. The zero-order valence-corrected chi connectivity index (χ0v) is 12.1. The molecule has 1 N–H and O–H groups in total. The summed E-state index contributed by atoms with van der Waals surface area (Å²) >= 11 is 0. The summed E-state index contributed by atoms with van der Waals surface area (Å²) in [6.45, 7) is 5.76. The van der Waals surface area contributed by atoms with Crippen molar-refractivity contribution in [2.24, 2.45) is 5.92 Å². The maximum atomic E-state index is 5.58. The predicted molar refractivity (Wildman–Crippen MR) is 77.6 cm³/mol. The minimum atomic E-state index is 0.681. The van der Waals surface area contributed by atoms with Gasteiger partial charge >= 0.3 is 0 Å². The Bertz CT molecular complexity index is 389. The van der Waals surface area contributed by atoms with Gasteiger partial charge in [0.1, 0.15) is 0 Å². The van der Waals surface area contributed by atoms with Crippen molar-refractivity contribution in [1.82, 2.24) is 9.97 Å². The normalized spacial score (nSPS) is 16.3. The van der Waals surface area contributed by atoms with Gasteiger partial charge in [0.25, 0.3) is 0 Å². The van der Waals surface area contributed by atoms with Crippen molar-refractivity contribution in [3.63, 3.8) is 0 Å². The van der Waals surface area contributed by atoms with E-state index in [1.807, 2.05) is 13.0 Å². The van der Waals surface area contributed by atoms with Crippen LogP contribution < -0.4 is 10.1 Å². The van der Waals surface area contributed by atoms with Crippen LogP contribution in [-0.4, -0.2) is 23.1 Å². The summed E-state index contributed by atoms with van der Waals surface area (Å²) in [6.07, 6.45) is 7.79. The molecule has 0 aliphatic heterocycles. The molecule has 1 aromatic heterocycles. The Morgan fingerprint density at radius 1 is 1.26 bits per heavy atom. The number of ether oxygens (including phenoxy) is 1. The van der Waals surface area contributed by atoms with E-state index in [-0.39, 0.29) is 0 Å². The maximum absolute atomic E-state index is 5.58. The molecule has 1 heterocycles. The monoisotopic (exact) mass is 263 g/mol. The van der Waals surface area contributed by atoms with Gasteiger partial charge in [-0.1, -0.05) is 26.2 Å². The molecule has 0 aromatic carbocycles. The first-order valence-electron chi connectivity index (χ1n) is 7.50. The molecular weight excluding hydrogens is 238 g/mol. The van der Waals surface area contributed by atoms with Crippen LogP contribution in [0.1, 0.15) is 51.1 Å². The van der Waals surface area contributed by atoms with Gasteiger partial charge in [0.15, 0.2) is 0 Å². The van der Waals surface area contributed by atoms with Gasteiger partial charge in [-0.2, -0.15) is 4.98 Å². The third-order valence-corrected chi connectivity index (χ3v) is 3.56. The van der Waals surface area contributed by atoms with Gasteiger partial charge in [0.2, 0.25) is 11.8 Å². The van der Waals surface area contributed by atoms with Gasteiger partial charge in [-0.15, -0.1) is 0 Å². The highest BCUT2D eigenvalue weighted by atomic mass is 16.5. The summed E-state index contributed by atoms with van der Waals surface area (Å²) in [5.74, 6) is 2.16. The first-order valence-corrected chi connectivity index (χ1v) is 7.50. The largest absolute Gasteiger partial charge is 0.478 e. The van der Waals surface area contributed by atoms with Crippen LogP contribution in [0, 0.1) is 12.8 Å². The molecule has 0 unspecified atom stereocenters. The van der Waals surface area contributed by atoms with Crippen molar-refractivity contribution in [2.45, 2.75) is 52.4 Å². The molecule has 4 heteroatoms. The number of aromatic nitrogens is 2. The summed E-state index contributed by atoms with van der Waals surface area (Å²) in [7, 11) is 0. The molecule has 0 saturated heterocycles. The van der Waals surface area contributed by atoms with E-state index in [2.05, 4.69) is 22.2 Å². The molecule has 19 heavy (non-hydrogen) atoms. The maximum Gasteiger partial charge on any atom is 0.226 e. The summed E-state index contributed by atoms with van der Waals surface area (Å²) in [4.78, 5) is 8.84. The molecule has 1 aromatic rings. The summed E-state index contributed by atoms with van der Waals surface area (Å²) in [5, 5.41) is 3.37. The zero-order chi connectivity index (χ0) is 13.5. The van der Waals surface area contributed by atoms with E-state index in [9.17, 15) is 0 Å². The van der Waals surface area contributed by atoms with Crippen molar-refractivity contribution in [2.75, 3.05) is 18.5 Å². The van der Waals surface area contributed by atoms with Crippen molar-refractivity contribution < 1.29 is 4.74 Å². The minimum Gasteiger partial charge on any atom is -0.478 e. The fourth-order valence-corrected chi connectivity index (χ4v) is 2.53. The van der Waals surface area contributed by atoms with Gasteiger partial charge in [-0.05, 0) is 32.1 Å². The molecule has 1 aliphatic rings. The Morgan fingerprint density at radius 3 is 2.79 bits per heavy atom. The Kier molecular flexibility index (Phi) is 5.43. The van der Waals surface area contributed by atoms with E-state index in [0.29, 0.717) is 18.4 Å². The number of hydrogen-bond donors (Lipinski definition) is 1. The summed E-state index contributed by atoms with van der Waals surface area (Å²) in [5.41, 5.74) is 0.951. The van der Waals surface area contributed by atoms with Crippen LogP contribution in [0.25, 0.3) is 0 Å². The second-order valence-corrected chi connectivity index (χ2v) is 5.40. The first kappa shape index (κ1) is 14.1. The van der Waals surface area contributed by atoms with Crippen LogP contribution in [0.2, 0.25) is 0 Å². The number of anilines is 1. The van der Waals surface area contributed by atoms with Crippen molar-refractivity contribution in [1.29, 1.82) is 0 Å². The number of rotatable bonds is 6. The molecule has 0 atom stereocenters. The Labute approximate surface area is 116 Å². The quantitative estimate of drug-likeness (QED) is 0.852. The fourth-order valence-electron chi connectivity index (χ4n) is 2.53. The van der Waals surface area contributed by atoms with Crippen LogP contribution in [0.5, 0.6) is 5.88 Å². The highest BCUT2D eigenvalue weighted by molar-refractivity contribution is 5.30. The number of hydrogen-bond acceptors (Lipinski definition) is 4. The Hall–Kier alpha value is -1.32. The number of nitrogens with one attached hydrogen (secondary N) is 1. The fraction of sp³-hybridized carbons (Fsp3) is 0.733. The van der Waals surface area contributed by atoms with E-state index in [1.165, 1.54) is 32.1 Å². The topological polar surface area (TPSA) is 47.0 Å². The molecule has 0 radical (unpaired) electrons. The molecule has 4 nitrogen and oxygen atoms in total. The third kappa shape index (κ3) is 4.69. The lowest BCUT2D eigenvalue weighted by Gasteiger charge is -2.21. The zero-order valence-electron chi connectivity index (χ0n) is 12.1. The molecule has 0 spiro atoms. The van der Waals surface area contributed by atoms with Crippen molar-refractivity contribution in [3.05, 3.63) is 11.8 Å². The average molecular weight is 263 g/mol. The van der Waals surface area contributed by atoms with E-state index in [4.69, 9.17) is 4.74 Å². The van der Waals surface area contributed by atoms with Crippen molar-refractivity contribution >= 4 is 5.95 Å². The van der Waals surface area contributed by atoms with Crippen LogP contribution in [-0.2, 0) is 0 Å². The smallest absolute Gasteiger partial charge is 0.226 e. The van der Waals surface area contributed by atoms with Gasteiger partial charge < -0.3 is 10.1 Å². The predicted octanol–water partition coefficient (Wildman–Crippen LogP) is 3.57. The van der Waals surface area contributed by atoms with Gasteiger partial charge in [-0.3, -0.25) is 0 Å². The first-order chi connectivity index (χ1) is 9.28. The van der Waals surface area contributed by atoms with Crippen LogP contribution in [0.3, 0.4) is 0 Å². The van der Waals surface area contributed by atoms with Crippen molar-refractivity contribution in [3.8, 4) is 5.88 Å². The van der Waals surface area contributed by atoms with E-state index >= 15 is 0 Å². The minimum absolute atomic E-state index is 0.681. The standard InChI is InChI=1S/C15H25N3O/c1-3-9-19-14-10-12(2)17-15(18-14)16-11-13-7-5-4-6-8-13/h10,13H,3-9,11H2,1-2H3,(H,16,17,18). The lowest BCUT2D eigenvalue weighted by Crippen LogP contribution is -2.18.